The highest BCUT2D eigenvalue weighted by Crippen LogP contribution is 2.21. The zero-order valence-corrected chi connectivity index (χ0v) is 11.4. The topological polar surface area (TPSA) is 48.3 Å². The molecule has 2 saturated heterocycles. The number of morpholine rings is 1. The first-order valence-corrected chi connectivity index (χ1v) is 7.37. The average Bonchev–Trinajstić information content (AvgIpc) is 2.95. The maximum Gasteiger partial charge on any atom is 0.111 e. The van der Waals surface area contributed by atoms with E-state index in [1.165, 1.54) is 25.0 Å². The van der Waals surface area contributed by atoms with Gasteiger partial charge < -0.3 is 19.4 Å². The summed E-state index contributed by atoms with van der Waals surface area (Å²) in [6, 6.07) is 0. The van der Waals surface area contributed by atoms with Gasteiger partial charge in [0.25, 0.3) is 0 Å². The highest BCUT2D eigenvalue weighted by atomic mass is 16.5. The molecule has 0 radical (unpaired) electrons. The molecule has 0 amide bonds. The Bertz CT molecular complexity index is 382. The molecule has 2 aliphatic rings. The fraction of sp³-hybridized carbons (Fsp3) is 0.786. The number of ether oxygens (including phenoxy) is 2. The Labute approximate surface area is 114 Å². The Balaban J connectivity index is 1.56. The molecular weight excluding hydrogens is 242 g/mol. The van der Waals surface area contributed by atoms with Crippen LogP contribution in [0.25, 0.3) is 0 Å². The van der Waals surface area contributed by atoms with E-state index in [-0.39, 0.29) is 6.10 Å². The Morgan fingerprint density at radius 3 is 3.11 bits per heavy atom. The summed E-state index contributed by atoms with van der Waals surface area (Å²) in [6.45, 7) is 4.50. The fourth-order valence-electron chi connectivity index (χ4n) is 2.86. The third-order valence-corrected chi connectivity index (χ3v) is 3.97. The smallest absolute Gasteiger partial charge is 0.111 e. The van der Waals surface area contributed by atoms with Crippen molar-refractivity contribution in [1.29, 1.82) is 0 Å². The molecule has 2 aliphatic heterocycles. The summed E-state index contributed by atoms with van der Waals surface area (Å²) in [7, 11) is 0. The molecular formula is C14H23N3O2. The van der Waals surface area contributed by atoms with Crippen molar-refractivity contribution < 1.29 is 9.47 Å². The van der Waals surface area contributed by atoms with Gasteiger partial charge in [0.2, 0.25) is 0 Å². The minimum atomic E-state index is 0.142. The van der Waals surface area contributed by atoms with Crippen molar-refractivity contribution in [3.63, 3.8) is 0 Å². The van der Waals surface area contributed by atoms with Crippen LogP contribution in [0.5, 0.6) is 0 Å². The van der Waals surface area contributed by atoms with Crippen molar-refractivity contribution >= 4 is 0 Å². The average molecular weight is 265 g/mol. The maximum absolute atomic E-state index is 5.80. The quantitative estimate of drug-likeness (QED) is 0.896. The van der Waals surface area contributed by atoms with Gasteiger partial charge in [-0.2, -0.15) is 0 Å². The second-order valence-electron chi connectivity index (χ2n) is 5.35. The molecule has 19 heavy (non-hydrogen) atoms. The van der Waals surface area contributed by atoms with Gasteiger partial charge in [-0.15, -0.1) is 0 Å². The molecule has 2 unspecified atom stereocenters. The normalized spacial score (nSPS) is 28.4. The summed E-state index contributed by atoms with van der Waals surface area (Å²) in [5.74, 6) is 0. The van der Waals surface area contributed by atoms with E-state index in [0.717, 1.165) is 39.3 Å². The number of aryl methyl sites for hydroxylation is 1. The summed E-state index contributed by atoms with van der Waals surface area (Å²) in [5, 5.41) is 3.37. The van der Waals surface area contributed by atoms with Gasteiger partial charge in [-0.05, 0) is 25.7 Å². The standard InChI is InChI=1S/C14H23N3O2/c1-2-7-18-12(3-1)4-6-17-11-16-9-13(17)14-10-15-5-8-19-14/h9,11-12,14-15H,1-8,10H2. The zero-order valence-electron chi connectivity index (χ0n) is 11.4. The predicted molar refractivity (Wildman–Crippen MR) is 72.0 cm³/mol. The van der Waals surface area contributed by atoms with Crippen LogP contribution in [0.3, 0.4) is 0 Å². The van der Waals surface area contributed by atoms with Crippen LogP contribution in [0.2, 0.25) is 0 Å². The highest BCUT2D eigenvalue weighted by Gasteiger charge is 2.20. The molecule has 1 N–H and O–H groups in total. The molecule has 1 aromatic rings. The number of hydrogen-bond donors (Lipinski definition) is 1. The number of hydrogen-bond acceptors (Lipinski definition) is 4. The predicted octanol–water partition coefficient (Wildman–Crippen LogP) is 1.50. The van der Waals surface area contributed by atoms with E-state index in [1.807, 2.05) is 12.5 Å². The van der Waals surface area contributed by atoms with E-state index in [1.54, 1.807) is 0 Å². The Hall–Kier alpha value is -0.910. The monoisotopic (exact) mass is 265 g/mol. The maximum atomic E-state index is 5.80. The van der Waals surface area contributed by atoms with Gasteiger partial charge in [-0.25, -0.2) is 4.98 Å². The molecule has 2 atom stereocenters. The van der Waals surface area contributed by atoms with Crippen LogP contribution >= 0.6 is 0 Å². The van der Waals surface area contributed by atoms with E-state index in [0.29, 0.717) is 6.10 Å². The summed E-state index contributed by atoms with van der Waals surface area (Å²) >= 11 is 0. The third-order valence-electron chi connectivity index (χ3n) is 3.97. The van der Waals surface area contributed by atoms with Gasteiger partial charge in [-0.1, -0.05) is 0 Å². The molecule has 1 aromatic heterocycles. The van der Waals surface area contributed by atoms with Crippen molar-refractivity contribution in [2.24, 2.45) is 0 Å². The highest BCUT2D eigenvalue weighted by molar-refractivity contribution is 5.04. The van der Waals surface area contributed by atoms with Crippen LogP contribution < -0.4 is 5.32 Å². The lowest BCUT2D eigenvalue weighted by Crippen LogP contribution is -2.34. The number of rotatable bonds is 4. The molecule has 0 aromatic carbocycles. The Kier molecular flexibility index (Phi) is 4.48. The number of nitrogens with zero attached hydrogens (tertiary/aromatic N) is 2. The minimum absolute atomic E-state index is 0.142. The largest absolute Gasteiger partial charge is 0.378 e. The van der Waals surface area contributed by atoms with Gasteiger partial charge in [0, 0.05) is 26.2 Å². The van der Waals surface area contributed by atoms with Crippen LogP contribution in [0.4, 0.5) is 0 Å². The van der Waals surface area contributed by atoms with Gasteiger partial charge in [0.05, 0.1) is 30.9 Å². The van der Waals surface area contributed by atoms with Crippen molar-refractivity contribution in [3.8, 4) is 0 Å². The molecule has 106 valence electrons. The van der Waals surface area contributed by atoms with Crippen LogP contribution in [-0.4, -0.2) is 42.0 Å². The number of imidazole rings is 1. The fourth-order valence-corrected chi connectivity index (χ4v) is 2.86. The molecule has 2 fully saturated rings. The van der Waals surface area contributed by atoms with Gasteiger partial charge in [0.1, 0.15) is 6.10 Å². The second-order valence-corrected chi connectivity index (χ2v) is 5.35. The first kappa shape index (κ1) is 13.1. The molecule has 0 saturated carbocycles. The first-order valence-electron chi connectivity index (χ1n) is 7.37. The van der Waals surface area contributed by atoms with Crippen LogP contribution in [-0.2, 0) is 16.0 Å². The minimum Gasteiger partial charge on any atom is -0.378 e. The lowest BCUT2D eigenvalue weighted by Gasteiger charge is -2.26. The molecule has 5 nitrogen and oxygen atoms in total. The van der Waals surface area contributed by atoms with E-state index in [2.05, 4.69) is 14.9 Å². The van der Waals surface area contributed by atoms with Gasteiger partial charge in [0.15, 0.2) is 0 Å². The second kappa shape index (κ2) is 6.50. The zero-order chi connectivity index (χ0) is 12.9. The molecule has 3 rings (SSSR count). The van der Waals surface area contributed by atoms with Gasteiger partial charge >= 0.3 is 0 Å². The van der Waals surface area contributed by atoms with Gasteiger partial charge in [-0.3, -0.25) is 0 Å². The molecule has 3 heterocycles. The van der Waals surface area contributed by atoms with Crippen molar-refractivity contribution in [3.05, 3.63) is 18.2 Å². The van der Waals surface area contributed by atoms with E-state index >= 15 is 0 Å². The lowest BCUT2D eigenvalue weighted by atomic mass is 10.1. The van der Waals surface area contributed by atoms with Crippen molar-refractivity contribution in [1.82, 2.24) is 14.9 Å². The SMILES string of the molecule is c1ncn(CCC2CCCCO2)c1C1CNCCO1. The van der Waals surface area contributed by atoms with Crippen LogP contribution in [0.15, 0.2) is 12.5 Å². The van der Waals surface area contributed by atoms with Crippen LogP contribution in [0.1, 0.15) is 37.5 Å². The third kappa shape index (κ3) is 3.35. The Morgan fingerprint density at radius 1 is 1.32 bits per heavy atom. The van der Waals surface area contributed by atoms with Crippen molar-refractivity contribution in [2.75, 3.05) is 26.3 Å². The first-order chi connectivity index (χ1) is 9.43. The van der Waals surface area contributed by atoms with Crippen LogP contribution in [0, 0.1) is 0 Å². The van der Waals surface area contributed by atoms with E-state index in [4.69, 9.17) is 9.47 Å². The van der Waals surface area contributed by atoms with E-state index in [9.17, 15) is 0 Å². The summed E-state index contributed by atoms with van der Waals surface area (Å²) in [4.78, 5) is 4.28. The number of aromatic nitrogens is 2. The molecule has 0 aliphatic carbocycles. The Morgan fingerprint density at radius 2 is 2.32 bits per heavy atom. The summed E-state index contributed by atoms with van der Waals surface area (Å²) < 4.78 is 13.8. The summed E-state index contributed by atoms with van der Waals surface area (Å²) in [6.07, 6.45) is 9.20. The van der Waals surface area contributed by atoms with E-state index < -0.39 is 0 Å². The molecule has 0 spiro atoms. The number of nitrogens with one attached hydrogen (secondary N) is 1. The van der Waals surface area contributed by atoms with Crippen molar-refractivity contribution in [2.45, 2.75) is 44.4 Å². The lowest BCUT2D eigenvalue weighted by molar-refractivity contribution is 0.00604. The molecule has 0 bridgehead atoms. The molecule has 5 heteroatoms. The summed E-state index contributed by atoms with van der Waals surface area (Å²) in [5.41, 5.74) is 1.18.